The monoisotopic (exact) mass is 106 g/mol. The SMILES string of the molecule is C[SiH](O)C(=O)O. The molecule has 0 aliphatic heterocycles. The first-order valence-corrected chi connectivity index (χ1v) is 3.80. The van der Waals surface area contributed by atoms with Crippen molar-refractivity contribution in [2.45, 2.75) is 6.55 Å². The van der Waals surface area contributed by atoms with Crippen molar-refractivity contribution in [3.63, 3.8) is 0 Å². The van der Waals surface area contributed by atoms with Crippen LogP contribution in [0.2, 0.25) is 6.55 Å². The Bertz CT molecular complexity index is 59.8. The predicted molar refractivity (Wildman–Crippen MR) is 23.3 cm³/mol. The summed E-state index contributed by atoms with van der Waals surface area (Å²) in [5.74, 6) is 0. The third kappa shape index (κ3) is 1.92. The van der Waals surface area contributed by atoms with Gasteiger partial charge in [-0.3, -0.25) is 4.79 Å². The van der Waals surface area contributed by atoms with Crippen LogP contribution in [0.1, 0.15) is 0 Å². The van der Waals surface area contributed by atoms with Gasteiger partial charge in [0.15, 0.2) is 0 Å². The van der Waals surface area contributed by atoms with E-state index in [0.717, 1.165) is 0 Å². The molecule has 0 saturated heterocycles. The molecule has 3 nitrogen and oxygen atoms in total. The molecule has 0 fully saturated rings. The highest BCUT2D eigenvalue weighted by Gasteiger charge is 2.05. The van der Waals surface area contributed by atoms with Crippen molar-refractivity contribution in [3.05, 3.63) is 0 Å². The summed E-state index contributed by atoms with van der Waals surface area (Å²) in [6, 6.07) is 0. The van der Waals surface area contributed by atoms with Gasteiger partial charge in [-0.05, 0) is 6.55 Å². The highest BCUT2D eigenvalue weighted by molar-refractivity contribution is 6.81. The van der Waals surface area contributed by atoms with E-state index in [0.29, 0.717) is 0 Å². The first-order valence-electron chi connectivity index (χ1n) is 1.55. The van der Waals surface area contributed by atoms with Crippen molar-refractivity contribution in [3.8, 4) is 0 Å². The summed E-state index contributed by atoms with van der Waals surface area (Å²) < 4.78 is 0. The molecule has 0 aromatic carbocycles. The van der Waals surface area contributed by atoms with Crippen LogP contribution >= 0.6 is 0 Å². The van der Waals surface area contributed by atoms with Gasteiger partial charge in [-0.15, -0.1) is 0 Å². The van der Waals surface area contributed by atoms with E-state index in [1.165, 1.54) is 6.55 Å². The minimum atomic E-state index is -2.33. The lowest BCUT2D eigenvalue weighted by atomic mass is 11.6. The van der Waals surface area contributed by atoms with E-state index in [2.05, 4.69) is 0 Å². The van der Waals surface area contributed by atoms with Gasteiger partial charge in [0.1, 0.15) is 0 Å². The Morgan fingerprint density at radius 2 is 2.00 bits per heavy atom. The fourth-order valence-electron chi connectivity index (χ4n) is 0. The second-order valence-electron chi connectivity index (χ2n) is 1.01. The normalized spacial score (nSPS) is 13.7. The Labute approximate surface area is 37.0 Å². The van der Waals surface area contributed by atoms with Crippen LogP contribution in [-0.4, -0.2) is 24.5 Å². The van der Waals surface area contributed by atoms with Crippen molar-refractivity contribution in [1.29, 1.82) is 0 Å². The maximum Gasteiger partial charge on any atom is 0.297 e. The molecule has 2 N–H and O–H groups in total. The minimum Gasteiger partial charge on any atom is -0.484 e. The summed E-state index contributed by atoms with van der Waals surface area (Å²) in [7, 11) is -2.33. The van der Waals surface area contributed by atoms with Crippen LogP contribution in [0, 0.1) is 0 Å². The molecule has 0 radical (unpaired) electrons. The fraction of sp³-hybridized carbons (Fsp3) is 0.500. The number of hydrogen-bond acceptors (Lipinski definition) is 2. The van der Waals surface area contributed by atoms with E-state index in [-0.39, 0.29) is 0 Å². The van der Waals surface area contributed by atoms with Gasteiger partial charge in [0.2, 0.25) is 0 Å². The fourth-order valence-corrected chi connectivity index (χ4v) is 0. The van der Waals surface area contributed by atoms with Crippen LogP contribution in [-0.2, 0) is 0 Å². The Balaban J connectivity index is 3.26. The second-order valence-corrected chi connectivity index (χ2v) is 2.86. The molecule has 6 heavy (non-hydrogen) atoms. The average Bonchev–Trinajstić information content (AvgIpc) is 1.36. The largest absolute Gasteiger partial charge is 0.484 e. The number of carboxylic acid groups (broad SMARTS) is 1. The summed E-state index contributed by atoms with van der Waals surface area (Å²) in [5.41, 5.74) is -1.05. The molecular formula is C2H6O3Si. The summed E-state index contributed by atoms with van der Waals surface area (Å²) in [6.07, 6.45) is 0. The Morgan fingerprint density at radius 3 is 2.00 bits per heavy atom. The third-order valence-corrected chi connectivity index (χ3v) is 1.07. The maximum absolute atomic E-state index is 9.51. The average molecular weight is 106 g/mol. The van der Waals surface area contributed by atoms with Crippen molar-refractivity contribution < 1.29 is 14.7 Å². The summed E-state index contributed by atoms with van der Waals surface area (Å²) in [4.78, 5) is 17.7. The van der Waals surface area contributed by atoms with E-state index < -0.39 is 14.6 Å². The van der Waals surface area contributed by atoms with Crippen molar-refractivity contribution in [2.75, 3.05) is 0 Å². The van der Waals surface area contributed by atoms with Crippen molar-refractivity contribution in [2.24, 2.45) is 0 Å². The predicted octanol–water partition coefficient (Wildman–Crippen LogP) is -0.408. The number of hydrogen-bond donors (Lipinski definition) is 2. The van der Waals surface area contributed by atoms with Gasteiger partial charge in [-0.2, -0.15) is 0 Å². The zero-order chi connectivity index (χ0) is 5.15. The van der Waals surface area contributed by atoms with Gasteiger partial charge in [0, 0.05) is 0 Å². The van der Waals surface area contributed by atoms with Crippen LogP contribution < -0.4 is 0 Å². The molecule has 0 aromatic rings. The van der Waals surface area contributed by atoms with E-state index in [9.17, 15) is 4.79 Å². The van der Waals surface area contributed by atoms with Gasteiger partial charge in [-0.25, -0.2) is 0 Å². The van der Waals surface area contributed by atoms with Crippen LogP contribution in [0.4, 0.5) is 4.79 Å². The standard InChI is InChI=1S/C2H6O3Si/c1-6(5)2(3)4/h5-6H,1H3,(H,3,4). The molecule has 0 aliphatic carbocycles. The Hall–Kier alpha value is -0.353. The van der Waals surface area contributed by atoms with Gasteiger partial charge >= 0.3 is 0 Å². The lowest BCUT2D eigenvalue weighted by Crippen LogP contribution is -2.18. The molecule has 0 rings (SSSR count). The first-order chi connectivity index (χ1) is 2.64. The zero-order valence-electron chi connectivity index (χ0n) is 3.38. The van der Waals surface area contributed by atoms with Gasteiger partial charge in [-0.1, -0.05) is 0 Å². The molecule has 0 saturated carbocycles. The Morgan fingerprint density at radius 1 is 1.83 bits per heavy atom. The molecule has 1 atom stereocenters. The van der Waals surface area contributed by atoms with Crippen molar-refractivity contribution >= 4 is 14.6 Å². The highest BCUT2D eigenvalue weighted by atomic mass is 28.3. The molecule has 4 heteroatoms. The highest BCUT2D eigenvalue weighted by Crippen LogP contribution is 1.71. The summed E-state index contributed by atoms with van der Waals surface area (Å²) in [6.45, 7) is 1.34. The first kappa shape index (κ1) is 5.65. The van der Waals surface area contributed by atoms with E-state index in [1.807, 2.05) is 0 Å². The van der Waals surface area contributed by atoms with Gasteiger partial charge < -0.3 is 9.90 Å². The molecule has 0 bridgehead atoms. The minimum absolute atomic E-state index is 1.05. The zero-order valence-corrected chi connectivity index (χ0v) is 4.53. The topological polar surface area (TPSA) is 57.5 Å². The molecule has 0 heterocycles. The van der Waals surface area contributed by atoms with E-state index in [1.54, 1.807) is 0 Å². The van der Waals surface area contributed by atoms with Gasteiger partial charge in [0.25, 0.3) is 14.6 Å². The lowest BCUT2D eigenvalue weighted by Gasteiger charge is -1.85. The van der Waals surface area contributed by atoms with E-state index in [4.69, 9.17) is 9.90 Å². The molecule has 0 spiro atoms. The number of rotatable bonds is 1. The molecule has 0 amide bonds. The number of carbonyl (C=O) groups is 1. The quantitative estimate of drug-likeness (QED) is 0.447. The second kappa shape index (κ2) is 1.94. The maximum atomic E-state index is 9.51. The van der Waals surface area contributed by atoms with Crippen LogP contribution in [0.15, 0.2) is 0 Å². The van der Waals surface area contributed by atoms with Gasteiger partial charge in [0.05, 0.1) is 0 Å². The smallest absolute Gasteiger partial charge is 0.297 e. The van der Waals surface area contributed by atoms with Crippen molar-refractivity contribution in [1.82, 2.24) is 0 Å². The molecule has 0 aromatic heterocycles. The van der Waals surface area contributed by atoms with E-state index >= 15 is 0 Å². The molecule has 0 aliphatic rings. The third-order valence-electron chi connectivity index (χ3n) is 0.357. The van der Waals surface area contributed by atoms with Crippen LogP contribution in [0.3, 0.4) is 0 Å². The van der Waals surface area contributed by atoms with Crippen LogP contribution in [0.25, 0.3) is 0 Å². The Kier molecular flexibility index (Phi) is 1.82. The molecule has 1 unspecified atom stereocenters. The summed E-state index contributed by atoms with van der Waals surface area (Å²) >= 11 is 0. The molecule has 36 valence electrons. The van der Waals surface area contributed by atoms with Crippen LogP contribution in [0.5, 0.6) is 0 Å². The molecular weight excluding hydrogens is 100 g/mol. The lowest BCUT2D eigenvalue weighted by molar-refractivity contribution is 0.215. The summed E-state index contributed by atoms with van der Waals surface area (Å²) in [5, 5.41) is 7.80.